The molecule has 0 radical (unpaired) electrons. The van der Waals surface area contributed by atoms with Crippen LogP contribution in [0.4, 0.5) is 8.78 Å². The van der Waals surface area contributed by atoms with Crippen molar-refractivity contribution in [2.24, 2.45) is 9.98 Å². The fourth-order valence-corrected chi connectivity index (χ4v) is 1.33. The summed E-state index contributed by atoms with van der Waals surface area (Å²) in [5, 5.41) is 15.5. The van der Waals surface area contributed by atoms with Gasteiger partial charge < -0.3 is 0 Å². The van der Waals surface area contributed by atoms with E-state index in [1.54, 1.807) is 0 Å². The fraction of sp³-hybridized carbons (Fsp3) is 0. The molecule has 1 aliphatic rings. The Hall–Kier alpha value is -1.76. The van der Waals surface area contributed by atoms with E-state index in [4.69, 9.17) is 33.7 Å². The summed E-state index contributed by atoms with van der Waals surface area (Å²) in [6.07, 6.45) is 2.50. The van der Waals surface area contributed by atoms with Crippen molar-refractivity contribution in [3.63, 3.8) is 0 Å². The summed E-state index contributed by atoms with van der Waals surface area (Å²) in [5.41, 5.74) is -1.44. The Morgan fingerprint density at radius 1 is 0.875 bits per heavy atom. The van der Waals surface area contributed by atoms with Gasteiger partial charge in [0.2, 0.25) is 12.4 Å². The minimum absolute atomic E-state index is 0.476. The molecule has 0 N–H and O–H groups in total. The Bertz CT molecular complexity index is 467. The molecule has 0 fully saturated rings. The molecule has 8 heteroatoms. The van der Waals surface area contributed by atoms with E-state index in [2.05, 4.69) is 9.98 Å². The van der Waals surface area contributed by atoms with Gasteiger partial charge in [-0.1, -0.05) is 23.2 Å². The van der Waals surface area contributed by atoms with Crippen molar-refractivity contribution >= 4 is 34.6 Å². The molecule has 0 amide bonds. The van der Waals surface area contributed by atoms with E-state index in [-0.39, 0.29) is 0 Å². The Morgan fingerprint density at radius 2 is 1.19 bits per heavy atom. The van der Waals surface area contributed by atoms with Crippen LogP contribution >= 0.6 is 23.2 Å². The van der Waals surface area contributed by atoms with Gasteiger partial charge in [-0.25, -0.2) is 8.78 Å². The van der Waals surface area contributed by atoms with Crippen molar-refractivity contribution in [2.75, 3.05) is 0 Å². The maximum atomic E-state index is 13.3. The normalized spacial score (nSPS) is 21.4. The maximum absolute atomic E-state index is 13.3. The van der Waals surface area contributed by atoms with Crippen LogP contribution in [-0.4, -0.2) is 11.4 Å². The first-order chi connectivity index (χ1) is 7.54. The number of nitriles is 2. The van der Waals surface area contributed by atoms with E-state index in [1.807, 2.05) is 0 Å². The van der Waals surface area contributed by atoms with Crippen molar-refractivity contribution in [1.29, 1.82) is 10.5 Å². The minimum atomic E-state index is -1.48. The highest BCUT2D eigenvalue weighted by Gasteiger charge is 2.31. The van der Waals surface area contributed by atoms with Gasteiger partial charge in [-0.05, 0) is 0 Å². The zero-order valence-electron chi connectivity index (χ0n) is 7.30. The highest BCUT2D eigenvalue weighted by Crippen LogP contribution is 2.32. The molecule has 0 aromatic heterocycles. The first kappa shape index (κ1) is 12.3. The fourth-order valence-electron chi connectivity index (χ4n) is 0.905. The molecule has 16 heavy (non-hydrogen) atoms. The summed E-state index contributed by atoms with van der Waals surface area (Å²) in [6, 6.07) is 0. The molecule has 0 bridgehead atoms. The van der Waals surface area contributed by atoms with Crippen LogP contribution in [0, 0.1) is 22.9 Å². The van der Waals surface area contributed by atoms with Gasteiger partial charge in [-0.2, -0.15) is 20.5 Å². The molecule has 0 spiro atoms. The summed E-state index contributed by atoms with van der Waals surface area (Å²) >= 11 is 11.1. The molecule has 1 aliphatic carbocycles. The van der Waals surface area contributed by atoms with Crippen LogP contribution in [0.25, 0.3) is 0 Å². The van der Waals surface area contributed by atoms with Gasteiger partial charge in [0.05, 0.1) is 10.1 Å². The second kappa shape index (κ2) is 4.84. The summed E-state index contributed by atoms with van der Waals surface area (Å²) in [5.74, 6) is -2.96. The second-order valence-electron chi connectivity index (χ2n) is 2.38. The summed E-state index contributed by atoms with van der Waals surface area (Å²) < 4.78 is 26.6. The number of rotatable bonds is 0. The molecule has 0 unspecified atom stereocenters. The third-order valence-electron chi connectivity index (χ3n) is 1.54. The summed E-state index contributed by atoms with van der Waals surface area (Å²) in [6.45, 7) is 0. The second-order valence-corrected chi connectivity index (χ2v) is 3.13. The molecular weight excluding hydrogens is 261 g/mol. The molecule has 0 atom stereocenters. The molecule has 0 aromatic carbocycles. The number of aliphatic imine (C=N–C) groups is 2. The number of nitrogens with zero attached hydrogens (tertiary/aromatic N) is 4. The standard InChI is InChI=1S/C8Cl2F2N4/c9-3-4(10)8(16-2-14)6(12)5(11)7(3)15-1-13/b15-7-,16-8-. The third kappa shape index (κ3) is 1.94. The van der Waals surface area contributed by atoms with Crippen LogP contribution in [0.15, 0.2) is 31.7 Å². The molecule has 4 nitrogen and oxygen atoms in total. The lowest BCUT2D eigenvalue weighted by atomic mass is 10.1. The zero-order valence-corrected chi connectivity index (χ0v) is 8.81. The van der Waals surface area contributed by atoms with Crippen molar-refractivity contribution in [1.82, 2.24) is 0 Å². The average Bonchev–Trinajstić information content (AvgIpc) is 2.28. The Morgan fingerprint density at radius 3 is 1.44 bits per heavy atom. The van der Waals surface area contributed by atoms with Gasteiger partial charge >= 0.3 is 0 Å². The van der Waals surface area contributed by atoms with E-state index in [9.17, 15) is 8.78 Å². The molecule has 0 saturated carbocycles. The molecule has 0 heterocycles. The Kier molecular flexibility index (Phi) is 3.73. The van der Waals surface area contributed by atoms with Crippen molar-refractivity contribution in [2.45, 2.75) is 0 Å². The van der Waals surface area contributed by atoms with Crippen LogP contribution < -0.4 is 0 Å². The summed E-state index contributed by atoms with van der Waals surface area (Å²) in [4.78, 5) is 5.96. The van der Waals surface area contributed by atoms with Crippen LogP contribution in [0.2, 0.25) is 0 Å². The number of allylic oxidation sites excluding steroid dienone is 4. The van der Waals surface area contributed by atoms with E-state index in [0.29, 0.717) is 0 Å². The van der Waals surface area contributed by atoms with Crippen molar-refractivity contribution in [3.8, 4) is 12.4 Å². The van der Waals surface area contributed by atoms with E-state index in [1.165, 1.54) is 12.4 Å². The van der Waals surface area contributed by atoms with Crippen molar-refractivity contribution in [3.05, 3.63) is 21.7 Å². The maximum Gasteiger partial charge on any atom is 0.206 e. The van der Waals surface area contributed by atoms with Crippen molar-refractivity contribution < 1.29 is 8.78 Å². The molecule has 0 saturated heterocycles. The monoisotopic (exact) mass is 260 g/mol. The SMILES string of the molecule is N#C/N=C1C(F)=C(F)/C(=N\C#N)C(Cl)=C\1Cl. The minimum Gasteiger partial charge on any atom is -0.201 e. The molecule has 0 aromatic rings. The van der Waals surface area contributed by atoms with Crippen LogP contribution in [0.1, 0.15) is 0 Å². The highest BCUT2D eigenvalue weighted by atomic mass is 35.5. The topological polar surface area (TPSA) is 72.3 Å². The third-order valence-corrected chi connectivity index (χ3v) is 2.37. The Labute approximate surface area is 98.4 Å². The van der Waals surface area contributed by atoms with Gasteiger partial charge in [0.15, 0.2) is 11.7 Å². The Balaban J connectivity index is 3.52. The molecule has 1 rings (SSSR count). The predicted molar refractivity (Wildman–Crippen MR) is 54.1 cm³/mol. The van der Waals surface area contributed by atoms with E-state index in [0.717, 1.165) is 0 Å². The molecular formula is C8Cl2F2N4. The number of hydrogen-bond acceptors (Lipinski definition) is 4. The lowest BCUT2D eigenvalue weighted by molar-refractivity contribution is 0.592. The summed E-state index contributed by atoms with van der Waals surface area (Å²) in [7, 11) is 0. The quantitative estimate of drug-likeness (QED) is 0.496. The van der Waals surface area contributed by atoms with Gasteiger partial charge in [0, 0.05) is 0 Å². The van der Waals surface area contributed by atoms with Gasteiger partial charge in [-0.15, -0.1) is 0 Å². The van der Waals surface area contributed by atoms with Crippen LogP contribution in [0.5, 0.6) is 0 Å². The van der Waals surface area contributed by atoms with Gasteiger partial charge in [0.1, 0.15) is 11.4 Å². The lowest BCUT2D eigenvalue weighted by Crippen LogP contribution is -2.16. The van der Waals surface area contributed by atoms with E-state index >= 15 is 0 Å². The largest absolute Gasteiger partial charge is 0.206 e. The van der Waals surface area contributed by atoms with E-state index < -0.39 is 33.1 Å². The number of halogens is 4. The smallest absolute Gasteiger partial charge is 0.201 e. The number of hydrogen-bond donors (Lipinski definition) is 0. The first-order valence-corrected chi connectivity index (χ1v) is 4.35. The molecule has 80 valence electrons. The lowest BCUT2D eigenvalue weighted by Gasteiger charge is -2.12. The van der Waals surface area contributed by atoms with Crippen LogP contribution in [-0.2, 0) is 0 Å². The van der Waals surface area contributed by atoms with Crippen LogP contribution in [0.3, 0.4) is 0 Å². The highest BCUT2D eigenvalue weighted by molar-refractivity contribution is 6.59. The molecule has 0 aliphatic heterocycles. The van der Waals surface area contributed by atoms with Gasteiger partial charge in [-0.3, -0.25) is 0 Å². The predicted octanol–water partition coefficient (Wildman–Crippen LogP) is 2.68. The van der Waals surface area contributed by atoms with Gasteiger partial charge in [0.25, 0.3) is 0 Å². The average molecular weight is 261 g/mol. The first-order valence-electron chi connectivity index (χ1n) is 3.60. The zero-order chi connectivity index (χ0) is 12.3.